The Kier molecular flexibility index (Phi) is 2.69. The van der Waals surface area contributed by atoms with Crippen molar-refractivity contribution in [1.29, 1.82) is 0 Å². The van der Waals surface area contributed by atoms with Gasteiger partial charge in [-0.25, -0.2) is 4.98 Å². The summed E-state index contributed by atoms with van der Waals surface area (Å²) in [4.78, 5) is 4.07. The van der Waals surface area contributed by atoms with E-state index in [0.717, 1.165) is 6.42 Å². The van der Waals surface area contributed by atoms with Gasteiger partial charge in [-0.2, -0.15) is 0 Å². The Morgan fingerprint density at radius 1 is 1.50 bits per heavy atom. The highest BCUT2D eigenvalue weighted by atomic mass is 14.8. The molecule has 0 saturated heterocycles. The highest BCUT2D eigenvalue weighted by Crippen LogP contribution is 2.22. The summed E-state index contributed by atoms with van der Waals surface area (Å²) in [5.74, 6) is 1.22. The zero-order valence-corrected chi connectivity index (χ0v) is 7.96. The van der Waals surface area contributed by atoms with Gasteiger partial charge in [0.15, 0.2) is 0 Å². The fourth-order valence-electron chi connectivity index (χ4n) is 1.45. The van der Waals surface area contributed by atoms with Gasteiger partial charge in [-0.15, -0.1) is 0 Å². The minimum absolute atomic E-state index is 0.533. The predicted octanol–water partition coefficient (Wildman–Crippen LogP) is 2.35. The molecule has 2 heteroatoms. The van der Waals surface area contributed by atoms with Crippen LogP contribution in [0.4, 0.5) is 5.82 Å². The molecular formula is C10H16N2. The van der Waals surface area contributed by atoms with Crippen LogP contribution in [0.5, 0.6) is 0 Å². The van der Waals surface area contributed by atoms with Gasteiger partial charge in [0.25, 0.3) is 0 Å². The largest absolute Gasteiger partial charge is 0.383 e. The van der Waals surface area contributed by atoms with Gasteiger partial charge >= 0.3 is 0 Å². The number of anilines is 1. The van der Waals surface area contributed by atoms with Crippen molar-refractivity contribution in [2.45, 2.75) is 33.1 Å². The molecule has 0 aliphatic rings. The summed E-state index contributed by atoms with van der Waals surface area (Å²) >= 11 is 0. The highest BCUT2D eigenvalue weighted by Gasteiger charge is 2.07. The van der Waals surface area contributed by atoms with Crippen LogP contribution < -0.4 is 5.73 Å². The average Bonchev–Trinajstić information content (AvgIpc) is 2.03. The van der Waals surface area contributed by atoms with Crippen LogP contribution in [0.3, 0.4) is 0 Å². The van der Waals surface area contributed by atoms with Gasteiger partial charge in [-0.1, -0.05) is 20.8 Å². The normalized spacial score (nSPS) is 10.7. The maximum atomic E-state index is 5.76. The second-order valence-corrected chi connectivity index (χ2v) is 3.27. The Bertz CT molecular complexity index is 267. The lowest BCUT2D eigenvalue weighted by molar-refractivity contribution is 0.840. The van der Waals surface area contributed by atoms with Crippen LogP contribution in [0.1, 0.15) is 37.8 Å². The van der Waals surface area contributed by atoms with Crippen molar-refractivity contribution >= 4 is 5.82 Å². The van der Waals surface area contributed by atoms with Gasteiger partial charge in [0.05, 0.1) is 0 Å². The number of hydrogen-bond acceptors (Lipinski definition) is 2. The predicted molar refractivity (Wildman–Crippen MR) is 52.1 cm³/mol. The van der Waals surface area contributed by atoms with Gasteiger partial charge in [0.1, 0.15) is 5.82 Å². The van der Waals surface area contributed by atoms with Crippen LogP contribution in [0.15, 0.2) is 12.3 Å². The summed E-state index contributed by atoms with van der Waals surface area (Å²) in [5.41, 5.74) is 8.28. The van der Waals surface area contributed by atoms with E-state index in [0.29, 0.717) is 11.7 Å². The smallest absolute Gasteiger partial charge is 0.126 e. The lowest BCUT2D eigenvalue weighted by Gasteiger charge is -2.12. The maximum Gasteiger partial charge on any atom is 0.126 e. The van der Waals surface area contributed by atoms with Crippen LogP contribution in [0.25, 0.3) is 0 Å². The Hall–Kier alpha value is -1.05. The summed E-state index contributed by atoms with van der Waals surface area (Å²) in [6.07, 6.45) is 2.75. The first-order valence-electron chi connectivity index (χ1n) is 4.40. The highest BCUT2D eigenvalue weighted by molar-refractivity contribution is 5.45. The molecule has 66 valence electrons. The summed E-state index contributed by atoms with van der Waals surface area (Å²) < 4.78 is 0. The van der Waals surface area contributed by atoms with Crippen molar-refractivity contribution in [3.05, 3.63) is 23.4 Å². The quantitative estimate of drug-likeness (QED) is 0.728. The van der Waals surface area contributed by atoms with E-state index in [2.05, 4.69) is 31.8 Å². The third-order valence-electron chi connectivity index (χ3n) is 2.10. The van der Waals surface area contributed by atoms with Crippen molar-refractivity contribution in [3.63, 3.8) is 0 Å². The molecule has 0 saturated carbocycles. The summed E-state index contributed by atoms with van der Waals surface area (Å²) in [5, 5.41) is 0. The third kappa shape index (κ3) is 1.58. The first kappa shape index (κ1) is 9.04. The van der Waals surface area contributed by atoms with E-state index in [1.165, 1.54) is 11.1 Å². The van der Waals surface area contributed by atoms with Gasteiger partial charge in [0.2, 0.25) is 0 Å². The number of nitrogens with two attached hydrogens (primary N) is 1. The molecule has 2 nitrogen and oxygen atoms in total. The number of rotatable bonds is 2. The lowest BCUT2D eigenvalue weighted by atomic mass is 9.97. The Morgan fingerprint density at radius 3 is 2.58 bits per heavy atom. The topological polar surface area (TPSA) is 38.9 Å². The van der Waals surface area contributed by atoms with Gasteiger partial charge in [-0.05, 0) is 29.5 Å². The van der Waals surface area contributed by atoms with Crippen molar-refractivity contribution < 1.29 is 0 Å². The fraction of sp³-hybridized carbons (Fsp3) is 0.500. The van der Waals surface area contributed by atoms with Crippen LogP contribution in [0.2, 0.25) is 0 Å². The number of hydrogen-bond donors (Lipinski definition) is 1. The zero-order valence-electron chi connectivity index (χ0n) is 7.96. The molecule has 0 unspecified atom stereocenters. The number of nitrogens with zero attached hydrogens (tertiary/aromatic N) is 1. The molecule has 0 fully saturated rings. The van der Waals surface area contributed by atoms with Crippen molar-refractivity contribution in [3.8, 4) is 0 Å². The third-order valence-corrected chi connectivity index (χ3v) is 2.10. The van der Waals surface area contributed by atoms with Crippen LogP contribution in [-0.4, -0.2) is 4.98 Å². The van der Waals surface area contributed by atoms with Crippen LogP contribution in [-0.2, 0) is 6.42 Å². The Balaban J connectivity index is 3.18. The molecular weight excluding hydrogens is 148 g/mol. The minimum Gasteiger partial charge on any atom is -0.383 e. The van der Waals surface area contributed by atoms with Crippen LogP contribution in [0, 0.1) is 0 Å². The molecule has 12 heavy (non-hydrogen) atoms. The van der Waals surface area contributed by atoms with Gasteiger partial charge in [-0.3, -0.25) is 0 Å². The first-order chi connectivity index (χ1) is 5.66. The Morgan fingerprint density at radius 2 is 2.17 bits per heavy atom. The molecule has 2 N–H and O–H groups in total. The van der Waals surface area contributed by atoms with Crippen molar-refractivity contribution in [1.82, 2.24) is 4.98 Å². The van der Waals surface area contributed by atoms with E-state index in [1.54, 1.807) is 6.20 Å². The van der Waals surface area contributed by atoms with E-state index < -0.39 is 0 Å². The SMILES string of the molecule is CCc1c(C(C)C)ccnc1N. The summed E-state index contributed by atoms with van der Waals surface area (Å²) in [6, 6.07) is 2.06. The van der Waals surface area contributed by atoms with E-state index in [-0.39, 0.29) is 0 Å². The average molecular weight is 164 g/mol. The minimum atomic E-state index is 0.533. The van der Waals surface area contributed by atoms with E-state index in [1.807, 2.05) is 0 Å². The second-order valence-electron chi connectivity index (χ2n) is 3.27. The lowest BCUT2D eigenvalue weighted by Crippen LogP contribution is -2.02. The molecule has 0 atom stereocenters. The summed E-state index contributed by atoms with van der Waals surface area (Å²) in [7, 11) is 0. The van der Waals surface area contributed by atoms with Gasteiger partial charge < -0.3 is 5.73 Å². The number of pyridine rings is 1. The molecule has 1 heterocycles. The van der Waals surface area contributed by atoms with Crippen molar-refractivity contribution in [2.75, 3.05) is 5.73 Å². The molecule has 1 rings (SSSR count). The molecule has 1 aromatic rings. The molecule has 0 radical (unpaired) electrons. The first-order valence-corrected chi connectivity index (χ1v) is 4.40. The molecule has 0 amide bonds. The van der Waals surface area contributed by atoms with E-state index in [9.17, 15) is 0 Å². The molecule has 0 spiro atoms. The van der Waals surface area contributed by atoms with E-state index in [4.69, 9.17) is 5.73 Å². The summed E-state index contributed by atoms with van der Waals surface area (Å²) in [6.45, 7) is 6.46. The fourth-order valence-corrected chi connectivity index (χ4v) is 1.45. The Labute approximate surface area is 73.8 Å². The number of aromatic nitrogens is 1. The molecule has 0 aromatic carbocycles. The van der Waals surface area contributed by atoms with Crippen LogP contribution >= 0.6 is 0 Å². The molecule has 0 aliphatic heterocycles. The molecule has 0 bridgehead atoms. The molecule has 1 aromatic heterocycles. The number of nitrogen functional groups attached to an aromatic ring is 1. The second kappa shape index (κ2) is 3.57. The van der Waals surface area contributed by atoms with E-state index >= 15 is 0 Å². The maximum absolute atomic E-state index is 5.76. The zero-order chi connectivity index (χ0) is 9.14. The van der Waals surface area contributed by atoms with Gasteiger partial charge in [0, 0.05) is 6.20 Å². The van der Waals surface area contributed by atoms with Crippen molar-refractivity contribution in [2.24, 2.45) is 0 Å². The monoisotopic (exact) mass is 164 g/mol. The standard InChI is InChI=1S/C10H16N2/c1-4-8-9(7(2)3)5-6-12-10(8)11/h5-7H,4H2,1-3H3,(H2,11,12). The molecule has 0 aliphatic carbocycles.